The normalized spacial score (nSPS) is 14.3. The van der Waals surface area contributed by atoms with Crippen molar-refractivity contribution in [2.24, 2.45) is 0 Å². The van der Waals surface area contributed by atoms with Crippen molar-refractivity contribution in [2.45, 2.75) is 8.42 Å². The summed E-state index contributed by atoms with van der Waals surface area (Å²) in [6.45, 7) is 0. The van der Waals surface area contributed by atoms with Crippen molar-refractivity contribution in [1.82, 2.24) is 0 Å². The highest BCUT2D eigenvalue weighted by Crippen LogP contribution is 2.51. The van der Waals surface area contributed by atoms with E-state index >= 15 is 0 Å². The van der Waals surface area contributed by atoms with Gasteiger partial charge in [-0.25, -0.2) is 0 Å². The Morgan fingerprint density at radius 3 is 2.47 bits per heavy atom. The van der Waals surface area contributed by atoms with Gasteiger partial charge in [0.1, 0.15) is 3.14 Å². The molecule has 0 saturated heterocycles. The first-order valence-corrected chi connectivity index (χ1v) is 9.20. The van der Waals surface area contributed by atoms with E-state index in [1.54, 1.807) is 34.4 Å². The van der Waals surface area contributed by atoms with Crippen LogP contribution in [0.4, 0.5) is 0 Å². The molecule has 2 aromatic rings. The lowest BCUT2D eigenvalue weighted by Gasteiger charge is -2.11. The number of rotatable bonds is 1. The Morgan fingerprint density at radius 2 is 1.71 bits per heavy atom. The van der Waals surface area contributed by atoms with E-state index in [4.69, 9.17) is 12.2 Å². The average Bonchev–Trinajstić information content (AvgIpc) is 2.69. The fourth-order valence-corrected chi connectivity index (χ4v) is 7.53. The molecule has 1 aromatic carbocycles. The predicted molar refractivity (Wildman–Crippen MR) is 86.9 cm³/mol. The molecule has 0 aliphatic carbocycles. The minimum absolute atomic E-state index is 1.01. The topological polar surface area (TPSA) is 0 Å². The highest BCUT2D eigenvalue weighted by molar-refractivity contribution is 9.10. The molecular formula is C11H5BrS5. The Morgan fingerprint density at radius 1 is 1.00 bits per heavy atom. The van der Waals surface area contributed by atoms with Gasteiger partial charge in [0.2, 0.25) is 0 Å². The van der Waals surface area contributed by atoms with Crippen molar-refractivity contribution in [1.29, 1.82) is 0 Å². The van der Waals surface area contributed by atoms with Gasteiger partial charge in [0.25, 0.3) is 0 Å². The van der Waals surface area contributed by atoms with Gasteiger partial charge in [-0.2, -0.15) is 0 Å². The maximum absolute atomic E-state index is 5.23. The lowest BCUT2D eigenvalue weighted by atomic mass is 10.2. The molecule has 86 valence electrons. The van der Waals surface area contributed by atoms with Gasteiger partial charge in [-0.15, -0.1) is 22.7 Å². The summed E-state index contributed by atoms with van der Waals surface area (Å²) in [5.74, 6) is 0. The van der Waals surface area contributed by atoms with E-state index in [2.05, 4.69) is 45.6 Å². The Hall–Kier alpha value is 0.410. The van der Waals surface area contributed by atoms with Gasteiger partial charge in [0.15, 0.2) is 0 Å². The second-order valence-corrected chi connectivity index (χ2v) is 9.83. The van der Waals surface area contributed by atoms with Crippen LogP contribution in [0.3, 0.4) is 0 Å². The Kier molecular flexibility index (Phi) is 3.80. The smallest absolute Gasteiger partial charge is 0.105 e. The van der Waals surface area contributed by atoms with E-state index in [1.165, 1.54) is 18.9 Å². The Bertz CT molecular complexity index is 635. The second-order valence-electron chi connectivity index (χ2n) is 3.24. The number of halogens is 1. The van der Waals surface area contributed by atoms with E-state index in [0.717, 1.165) is 7.61 Å². The minimum Gasteiger partial charge on any atom is -0.105 e. The van der Waals surface area contributed by atoms with E-state index in [1.807, 2.05) is 11.8 Å². The molecule has 17 heavy (non-hydrogen) atoms. The van der Waals surface area contributed by atoms with Gasteiger partial charge < -0.3 is 0 Å². The highest BCUT2D eigenvalue weighted by Gasteiger charge is 2.16. The van der Waals surface area contributed by atoms with Gasteiger partial charge in [-0.05, 0) is 23.1 Å². The molecule has 3 rings (SSSR count). The molecule has 0 unspecified atom stereocenters. The number of benzene rings is 1. The van der Waals surface area contributed by atoms with Crippen molar-refractivity contribution < 1.29 is 0 Å². The fourth-order valence-electron chi connectivity index (χ4n) is 1.36. The first-order valence-electron chi connectivity index (χ1n) is 4.67. The van der Waals surface area contributed by atoms with Crippen molar-refractivity contribution in [3.05, 3.63) is 42.8 Å². The quantitative estimate of drug-likeness (QED) is 0.521. The summed E-state index contributed by atoms with van der Waals surface area (Å²) in [5.41, 5.74) is 1.26. The van der Waals surface area contributed by atoms with Crippen LogP contribution in [0.25, 0.3) is 4.91 Å². The average molecular weight is 377 g/mol. The van der Waals surface area contributed by atoms with Gasteiger partial charge in [-0.3, -0.25) is 0 Å². The van der Waals surface area contributed by atoms with Crippen LogP contribution in [-0.2, 0) is 0 Å². The van der Waals surface area contributed by atoms with Crippen LogP contribution in [0.5, 0.6) is 0 Å². The molecule has 6 heteroatoms. The number of hydrogen-bond acceptors (Lipinski definition) is 5. The van der Waals surface area contributed by atoms with Crippen molar-refractivity contribution >= 4 is 79.3 Å². The molecule has 2 heterocycles. The molecule has 0 fully saturated rings. The van der Waals surface area contributed by atoms with Crippen LogP contribution in [0, 0.1) is 3.14 Å². The van der Waals surface area contributed by atoms with Crippen LogP contribution >= 0.6 is 74.3 Å². The zero-order valence-corrected chi connectivity index (χ0v) is 14.0. The summed E-state index contributed by atoms with van der Waals surface area (Å²) in [5, 5.41) is 2.22. The molecule has 0 saturated carbocycles. The number of fused-ring (bicyclic) bond motifs is 1. The van der Waals surface area contributed by atoms with Crippen molar-refractivity contribution in [3.63, 3.8) is 0 Å². The summed E-state index contributed by atoms with van der Waals surface area (Å²) in [6.07, 6.45) is 0. The maximum Gasteiger partial charge on any atom is 0.145 e. The summed E-state index contributed by atoms with van der Waals surface area (Å²) in [4.78, 5) is 1.30. The summed E-state index contributed by atoms with van der Waals surface area (Å²) < 4.78 is 4.80. The lowest BCUT2D eigenvalue weighted by Crippen LogP contribution is -1.82. The Balaban J connectivity index is 1.94. The van der Waals surface area contributed by atoms with Crippen molar-refractivity contribution in [3.8, 4) is 0 Å². The predicted octanol–water partition coefficient (Wildman–Crippen LogP) is 6.50. The summed E-state index contributed by atoms with van der Waals surface area (Å²) in [7, 11) is 0. The van der Waals surface area contributed by atoms with E-state index in [-0.39, 0.29) is 0 Å². The third-order valence-corrected chi connectivity index (χ3v) is 8.20. The molecular weight excluding hydrogens is 372 g/mol. The number of thioether (sulfide) groups is 2. The van der Waals surface area contributed by atoms with Gasteiger partial charge >= 0.3 is 0 Å². The first kappa shape index (κ1) is 12.4. The standard InChI is InChI=1S/C11H5BrS5/c12-7-3-1-6(2-4-7)8-5-14-9-10(15-8)17-11(13)16-9/h1-5H. The molecule has 0 atom stereocenters. The third-order valence-electron chi connectivity index (χ3n) is 2.12. The van der Waals surface area contributed by atoms with E-state index in [9.17, 15) is 0 Å². The van der Waals surface area contributed by atoms with Crippen LogP contribution in [0.2, 0.25) is 0 Å². The molecule has 1 aromatic heterocycles. The van der Waals surface area contributed by atoms with Crippen LogP contribution in [-0.4, -0.2) is 0 Å². The molecule has 0 bridgehead atoms. The van der Waals surface area contributed by atoms with Gasteiger partial charge in [-0.1, -0.05) is 63.8 Å². The minimum atomic E-state index is 1.01. The zero-order valence-electron chi connectivity index (χ0n) is 8.31. The largest absolute Gasteiger partial charge is 0.145 e. The number of hydrogen-bond donors (Lipinski definition) is 0. The van der Waals surface area contributed by atoms with E-state index < -0.39 is 0 Å². The van der Waals surface area contributed by atoms with Crippen LogP contribution in [0.1, 0.15) is 5.56 Å². The zero-order chi connectivity index (χ0) is 11.8. The highest BCUT2D eigenvalue weighted by atomic mass is 79.9. The van der Waals surface area contributed by atoms with E-state index in [0.29, 0.717) is 0 Å². The van der Waals surface area contributed by atoms with Gasteiger partial charge in [0, 0.05) is 9.38 Å². The first-order chi connectivity index (χ1) is 8.22. The molecule has 1 aliphatic heterocycles. The molecule has 0 amide bonds. The SMILES string of the molecule is S=c1sc2c(s1)SC(c1ccc(Br)cc1)=CS2. The molecule has 1 aliphatic rings. The molecule has 0 radical (unpaired) electrons. The fraction of sp³-hybridized carbons (Fsp3) is 0. The Labute approximate surface area is 129 Å². The monoisotopic (exact) mass is 376 g/mol. The third kappa shape index (κ3) is 2.72. The summed E-state index contributed by atoms with van der Waals surface area (Å²) in [6, 6.07) is 8.43. The maximum atomic E-state index is 5.23. The summed E-state index contributed by atoms with van der Waals surface area (Å²) >= 11 is 15.7. The second kappa shape index (κ2) is 5.19. The molecule has 0 spiro atoms. The lowest BCUT2D eigenvalue weighted by molar-refractivity contribution is 1.53. The van der Waals surface area contributed by atoms with Crippen molar-refractivity contribution in [2.75, 3.05) is 0 Å². The van der Waals surface area contributed by atoms with Gasteiger partial charge in [0.05, 0.1) is 8.42 Å². The molecule has 0 nitrogen and oxygen atoms in total. The van der Waals surface area contributed by atoms with Crippen LogP contribution in [0.15, 0.2) is 42.6 Å². The molecule has 0 N–H and O–H groups in total. The van der Waals surface area contributed by atoms with Crippen LogP contribution < -0.4 is 0 Å².